The molecule has 1 aromatic carbocycles. The number of benzene rings is 1. The molecule has 3 rings (SSSR count). The summed E-state index contributed by atoms with van der Waals surface area (Å²) >= 11 is 0. The van der Waals surface area contributed by atoms with E-state index >= 15 is 0 Å². The lowest BCUT2D eigenvalue weighted by molar-refractivity contribution is 0.133. The molecular formula is C15H22N2O2. The second-order valence-electron chi connectivity index (χ2n) is 5.67. The number of nitrogen functional groups attached to an aromatic ring is 1. The Hall–Kier alpha value is -1.42. The third kappa shape index (κ3) is 2.37. The molecule has 1 saturated heterocycles. The Morgan fingerprint density at radius 2 is 2.16 bits per heavy atom. The van der Waals surface area contributed by atoms with Crippen molar-refractivity contribution in [2.45, 2.75) is 25.9 Å². The number of hydrogen-bond donors (Lipinski definition) is 2. The van der Waals surface area contributed by atoms with Crippen LogP contribution in [-0.4, -0.2) is 30.9 Å². The van der Waals surface area contributed by atoms with Gasteiger partial charge < -0.3 is 20.5 Å². The van der Waals surface area contributed by atoms with E-state index in [0.29, 0.717) is 18.4 Å². The molecule has 0 spiro atoms. The lowest BCUT2D eigenvalue weighted by atomic mass is 10.00. The van der Waals surface area contributed by atoms with Crippen LogP contribution in [0, 0.1) is 11.8 Å². The smallest absolute Gasteiger partial charge is 0.123 e. The molecule has 2 aliphatic rings. The van der Waals surface area contributed by atoms with E-state index in [1.807, 2.05) is 25.1 Å². The van der Waals surface area contributed by atoms with Crippen molar-refractivity contribution in [1.82, 2.24) is 0 Å². The molecule has 19 heavy (non-hydrogen) atoms. The highest BCUT2D eigenvalue weighted by atomic mass is 16.5. The number of anilines is 2. The minimum absolute atomic E-state index is 0.123. The van der Waals surface area contributed by atoms with Gasteiger partial charge in [-0.15, -0.1) is 0 Å². The first-order valence-corrected chi connectivity index (χ1v) is 7.13. The molecule has 0 aromatic heterocycles. The molecule has 4 nitrogen and oxygen atoms in total. The van der Waals surface area contributed by atoms with Gasteiger partial charge in [0.05, 0.1) is 12.7 Å². The molecule has 1 aliphatic heterocycles. The van der Waals surface area contributed by atoms with Gasteiger partial charge in [-0.2, -0.15) is 0 Å². The lowest BCUT2D eigenvalue weighted by Gasteiger charge is -2.21. The molecule has 3 atom stereocenters. The van der Waals surface area contributed by atoms with Crippen LogP contribution in [0.1, 0.15) is 19.8 Å². The van der Waals surface area contributed by atoms with E-state index in [1.54, 1.807) is 0 Å². The maximum atomic E-state index is 9.98. The maximum Gasteiger partial charge on any atom is 0.123 e. The van der Waals surface area contributed by atoms with Crippen molar-refractivity contribution in [3.63, 3.8) is 0 Å². The van der Waals surface area contributed by atoms with Crippen molar-refractivity contribution < 1.29 is 9.84 Å². The topological polar surface area (TPSA) is 58.7 Å². The van der Waals surface area contributed by atoms with Gasteiger partial charge in [-0.25, -0.2) is 0 Å². The summed E-state index contributed by atoms with van der Waals surface area (Å²) in [4.78, 5) is 2.33. The number of hydrogen-bond acceptors (Lipinski definition) is 4. The number of rotatable bonds is 3. The number of aliphatic hydroxyl groups is 1. The fourth-order valence-electron chi connectivity index (χ4n) is 3.49. The van der Waals surface area contributed by atoms with Crippen LogP contribution >= 0.6 is 0 Å². The summed E-state index contributed by atoms with van der Waals surface area (Å²) in [7, 11) is 0. The highest BCUT2D eigenvalue weighted by molar-refractivity contribution is 5.61. The average Bonchev–Trinajstić information content (AvgIpc) is 2.92. The summed E-state index contributed by atoms with van der Waals surface area (Å²) in [5.74, 6) is 1.89. The number of ether oxygens (including phenoxy) is 1. The molecule has 2 fully saturated rings. The Kier molecular flexibility index (Phi) is 3.27. The Bertz CT molecular complexity index is 463. The molecule has 1 aliphatic carbocycles. The first kappa shape index (κ1) is 12.6. The minimum atomic E-state index is -0.123. The van der Waals surface area contributed by atoms with Gasteiger partial charge in [-0.05, 0) is 31.7 Å². The van der Waals surface area contributed by atoms with Crippen LogP contribution < -0.4 is 15.4 Å². The molecule has 1 saturated carbocycles. The van der Waals surface area contributed by atoms with Crippen molar-refractivity contribution >= 4 is 11.4 Å². The Labute approximate surface area is 114 Å². The van der Waals surface area contributed by atoms with Crippen molar-refractivity contribution in [2.24, 2.45) is 11.8 Å². The highest BCUT2D eigenvalue weighted by Crippen LogP contribution is 2.40. The fraction of sp³-hybridized carbons (Fsp3) is 0.600. The van der Waals surface area contributed by atoms with Gasteiger partial charge in [0.15, 0.2) is 0 Å². The van der Waals surface area contributed by atoms with Gasteiger partial charge in [0.1, 0.15) is 5.75 Å². The lowest BCUT2D eigenvalue weighted by Crippen LogP contribution is -2.24. The van der Waals surface area contributed by atoms with Crippen LogP contribution in [0.5, 0.6) is 5.75 Å². The fourth-order valence-corrected chi connectivity index (χ4v) is 3.49. The van der Waals surface area contributed by atoms with Gasteiger partial charge in [-0.3, -0.25) is 0 Å². The van der Waals surface area contributed by atoms with Crippen LogP contribution in [0.3, 0.4) is 0 Å². The summed E-state index contributed by atoms with van der Waals surface area (Å²) < 4.78 is 5.55. The van der Waals surface area contributed by atoms with Crippen LogP contribution in [0.25, 0.3) is 0 Å². The van der Waals surface area contributed by atoms with E-state index in [4.69, 9.17) is 10.5 Å². The predicted molar refractivity (Wildman–Crippen MR) is 76.5 cm³/mol. The monoisotopic (exact) mass is 262 g/mol. The second kappa shape index (κ2) is 4.93. The summed E-state index contributed by atoms with van der Waals surface area (Å²) in [6, 6.07) is 5.90. The van der Waals surface area contributed by atoms with Crippen molar-refractivity contribution in [3.8, 4) is 5.75 Å². The van der Waals surface area contributed by atoms with Crippen LogP contribution in [-0.2, 0) is 0 Å². The molecule has 0 amide bonds. The molecular weight excluding hydrogens is 240 g/mol. The molecule has 3 unspecified atom stereocenters. The molecule has 0 radical (unpaired) electrons. The third-order valence-corrected chi connectivity index (χ3v) is 4.41. The van der Waals surface area contributed by atoms with E-state index in [1.165, 1.54) is 0 Å². The Morgan fingerprint density at radius 1 is 1.32 bits per heavy atom. The summed E-state index contributed by atoms with van der Waals surface area (Å²) in [5.41, 5.74) is 7.79. The maximum absolute atomic E-state index is 9.98. The van der Waals surface area contributed by atoms with Crippen molar-refractivity contribution in [1.29, 1.82) is 0 Å². The van der Waals surface area contributed by atoms with Gasteiger partial charge >= 0.3 is 0 Å². The standard InChI is InChI=1S/C15H22N2O2/c1-2-19-13-6-11(16)5-12(7-13)17-8-10-3-4-15(18)14(10)9-17/h5-7,10,14-15,18H,2-4,8-9,16H2,1H3. The Balaban J connectivity index is 1.79. The SMILES string of the molecule is CCOc1cc(N)cc(N2CC3CCC(O)C3C2)c1. The predicted octanol–water partition coefficient (Wildman–Crippen LogP) is 1.87. The molecule has 3 N–H and O–H groups in total. The normalized spacial score (nSPS) is 29.6. The van der Waals surface area contributed by atoms with Crippen molar-refractivity contribution in [2.75, 3.05) is 30.3 Å². The van der Waals surface area contributed by atoms with Gasteiger partial charge in [0.2, 0.25) is 0 Å². The van der Waals surface area contributed by atoms with Crippen molar-refractivity contribution in [3.05, 3.63) is 18.2 Å². The first-order valence-electron chi connectivity index (χ1n) is 7.13. The third-order valence-electron chi connectivity index (χ3n) is 4.41. The van der Waals surface area contributed by atoms with E-state index in [0.717, 1.165) is 43.1 Å². The molecule has 0 bridgehead atoms. The zero-order valence-electron chi connectivity index (χ0n) is 11.4. The zero-order chi connectivity index (χ0) is 13.4. The number of aliphatic hydroxyl groups excluding tert-OH is 1. The van der Waals surface area contributed by atoms with Crippen LogP contribution in [0.2, 0.25) is 0 Å². The quantitative estimate of drug-likeness (QED) is 0.817. The number of fused-ring (bicyclic) bond motifs is 1. The second-order valence-corrected chi connectivity index (χ2v) is 5.67. The van der Waals surface area contributed by atoms with Gasteiger partial charge in [0.25, 0.3) is 0 Å². The van der Waals surface area contributed by atoms with Gasteiger partial charge in [0, 0.05) is 42.5 Å². The van der Waals surface area contributed by atoms with Crippen LogP contribution in [0.4, 0.5) is 11.4 Å². The number of nitrogens with two attached hydrogens (primary N) is 1. The summed E-state index contributed by atoms with van der Waals surface area (Å²) in [6.07, 6.45) is 1.98. The molecule has 1 heterocycles. The molecule has 4 heteroatoms. The Morgan fingerprint density at radius 3 is 2.89 bits per heavy atom. The minimum Gasteiger partial charge on any atom is -0.494 e. The van der Waals surface area contributed by atoms with E-state index < -0.39 is 0 Å². The summed E-state index contributed by atoms with van der Waals surface area (Å²) in [6.45, 7) is 4.57. The van der Waals surface area contributed by atoms with Gasteiger partial charge in [-0.1, -0.05) is 0 Å². The molecule has 104 valence electrons. The van der Waals surface area contributed by atoms with Crippen LogP contribution in [0.15, 0.2) is 18.2 Å². The zero-order valence-corrected chi connectivity index (χ0v) is 11.4. The first-order chi connectivity index (χ1) is 9.17. The van der Waals surface area contributed by atoms with E-state index in [9.17, 15) is 5.11 Å². The van der Waals surface area contributed by atoms with E-state index in [-0.39, 0.29) is 6.10 Å². The van der Waals surface area contributed by atoms with E-state index in [2.05, 4.69) is 4.90 Å². The largest absolute Gasteiger partial charge is 0.494 e. The summed E-state index contributed by atoms with van der Waals surface area (Å²) in [5, 5.41) is 9.98. The average molecular weight is 262 g/mol. The highest BCUT2D eigenvalue weighted by Gasteiger charge is 2.41. The molecule has 1 aromatic rings. The number of nitrogens with zero attached hydrogens (tertiary/aromatic N) is 1.